The van der Waals surface area contributed by atoms with Gasteiger partial charge in [-0.2, -0.15) is 0 Å². The highest BCUT2D eigenvalue weighted by Gasteiger charge is 2.24. The summed E-state index contributed by atoms with van der Waals surface area (Å²) in [5.41, 5.74) is 2.93. The Morgan fingerprint density at radius 1 is 0.929 bits per heavy atom. The third-order valence-corrected chi connectivity index (χ3v) is 5.03. The molecule has 0 spiro atoms. The molecule has 0 amide bonds. The first-order valence-corrected chi connectivity index (χ1v) is 9.22. The SMILES string of the molecule is CC(C)(c1ccccc1)c1ccc(O)c(C(=O)O)c1.c1cc2ccc1CCO2. The highest BCUT2D eigenvalue weighted by Crippen LogP contribution is 2.33. The van der Waals surface area contributed by atoms with Gasteiger partial charge < -0.3 is 14.9 Å². The average molecular weight is 376 g/mol. The minimum atomic E-state index is -1.12. The summed E-state index contributed by atoms with van der Waals surface area (Å²) >= 11 is 0. The van der Waals surface area contributed by atoms with E-state index in [1.54, 1.807) is 6.07 Å². The van der Waals surface area contributed by atoms with Gasteiger partial charge in [0.1, 0.15) is 17.1 Å². The fourth-order valence-corrected chi connectivity index (χ4v) is 3.16. The zero-order valence-corrected chi connectivity index (χ0v) is 16.1. The molecular weight excluding hydrogens is 352 g/mol. The van der Waals surface area contributed by atoms with Gasteiger partial charge >= 0.3 is 5.97 Å². The molecule has 0 saturated heterocycles. The molecule has 0 unspecified atom stereocenters. The van der Waals surface area contributed by atoms with Gasteiger partial charge in [-0.05, 0) is 41.0 Å². The van der Waals surface area contributed by atoms with Crippen molar-refractivity contribution >= 4 is 5.97 Å². The second kappa shape index (κ2) is 8.17. The molecule has 2 N–H and O–H groups in total. The number of carbonyl (C=O) groups is 1. The van der Waals surface area contributed by atoms with Crippen LogP contribution >= 0.6 is 0 Å². The number of rotatable bonds is 3. The maximum atomic E-state index is 11.1. The molecule has 0 atom stereocenters. The Balaban J connectivity index is 0.000000206. The zero-order valence-electron chi connectivity index (χ0n) is 16.1. The van der Waals surface area contributed by atoms with Gasteiger partial charge in [-0.15, -0.1) is 0 Å². The fourth-order valence-electron chi connectivity index (χ4n) is 3.16. The smallest absolute Gasteiger partial charge is 0.339 e. The van der Waals surface area contributed by atoms with Crippen LogP contribution in [0.15, 0.2) is 72.8 Å². The summed E-state index contributed by atoms with van der Waals surface area (Å²) in [7, 11) is 0. The minimum Gasteiger partial charge on any atom is -0.507 e. The molecule has 144 valence electrons. The van der Waals surface area contributed by atoms with Crippen LogP contribution < -0.4 is 4.74 Å². The molecule has 0 aromatic heterocycles. The van der Waals surface area contributed by atoms with Crippen molar-refractivity contribution in [2.45, 2.75) is 25.7 Å². The molecule has 2 aliphatic rings. The Labute approximate surface area is 165 Å². The molecule has 0 radical (unpaired) electrons. The van der Waals surface area contributed by atoms with E-state index in [9.17, 15) is 9.90 Å². The van der Waals surface area contributed by atoms with Crippen LogP contribution in [0.25, 0.3) is 0 Å². The molecule has 28 heavy (non-hydrogen) atoms. The molecule has 0 saturated carbocycles. The highest BCUT2D eigenvalue weighted by atomic mass is 16.5. The predicted octanol–water partition coefficient (Wildman–Crippen LogP) is 5.04. The standard InChI is InChI=1S/C16H16O3.C8H8O/c1-16(2,11-6-4-3-5-7-11)12-8-9-14(17)13(10-12)15(18)19;1-3-8-4-2-7(1)5-6-9-8/h3-10,17H,1-2H3,(H,18,19);1-4H,5-6H2. The molecule has 4 heteroatoms. The number of aromatic hydroxyl groups is 1. The van der Waals surface area contributed by atoms with E-state index in [1.165, 1.54) is 17.7 Å². The predicted molar refractivity (Wildman–Crippen MR) is 109 cm³/mol. The van der Waals surface area contributed by atoms with E-state index in [4.69, 9.17) is 9.84 Å². The number of aromatic carboxylic acids is 1. The lowest BCUT2D eigenvalue weighted by atomic mass is 9.77. The number of hydrogen-bond donors (Lipinski definition) is 2. The van der Waals surface area contributed by atoms with E-state index in [1.807, 2.05) is 56.3 Å². The van der Waals surface area contributed by atoms with E-state index in [0.717, 1.165) is 29.9 Å². The van der Waals surface area contributed by atoms with Gasteiger partial charge in [-0.1, -0.05) is 62.4 Å². The topological polar surface area (TPSA) is 66.8 Å². The lowest BCUT2D eigenvalue weighted by Gasteiger charge is -2.26. The van der Waals surface area contributed by atoms with Crippen molar-refractivity contribution in [3.8, 4) is 11.5 Å². The second-order valence-corrected chi connectivity index (χ2v) is 7.27. The monoisotopic (exact) mass is 376 g/mol. The number of phenols is 1. The van der Waals surface area contributed by atoms with Crippen LogP contribution in [0.5, 0.6) is 11.5 Å². The minimum absolute atomic E-state index is 0.0680. The number of fused-ring (bicyclic) bond motifs is 4. The third-order valence-electron chi connectivity index (χ3n) is 5.03. The first kappa shape index (κ1) is 19.5. The molecular formula is C24H24O4. The second-order valence-electron chi connectivity index (χ2n) is 7.27. The number of carboxylic acid groups (broad SMARTS) is 1. The molecule has 4 nitrogen and oxygen atoms in total. The van der Waals surface area contributed by atoms with E-state index < -0.39 is 5.97 Å². The van der Waals surface area contributed by atoms with E-state index in [2.05, 4.69) is 12.1 Å². The van der Waals surface area contributed by atoms with Gasteiger partial charge in [0.25, 0.3) is 0 Å². The van der Waals surface area contributed by atoms with Crippen molar-refractivity contribution in [3.05, 3.63) is 95.1 Å². The summed E-state index contributed by atoms with van der Waals surface area (Å²) in [6.45, 7) is 4.89. The quantitative estimate of drug-likeness (QED) is 0.672. The van der Waals surface area contributed by atoms with Crippen LogP contribution in [-0.2, 0) is 11.8 Å². The van der Waals surface area contributed by atoms with Gasteiger partial charge in [0.15, 0.2) is 0 Å². The Kier molecular flexibility index (Phi) is 5.69. The van der Waals surface area contributed by atoms with E-state index >= 15 is 0 Å². The lowest BCUT2D eigenvalue weighted by molar-refractivity contribution is 0.0693. The first-order chi connectivity index (χ1) is 13.4. The zero-order chi connectivity index (χ0) is 20.1. The van der Waals surface area contributed by atoms with Crippen LogP contribution in [0.3, 0.4) is 0 Å². The van der Waals surface area contributed by atoms with Crippen LogP contribution in [0.4, 0.5) is 0 Å². The molecule has 2 heterocycles. The normalized spacial score (nSPS) is 12.4. The Morgan fingerprint density at radius 2 is 1.61 bits per heavy atom. The fraction of sp³-hybridized carbons (Fsp3) is 0.208. The Morgan fingerprint density at radius 3 is 2.25 bits per heavy atom. The number of benzene rings is 3. The van der Waals surface area contributed by atoms with E-state index in [0.29, 0.717) is 0 Å². The summed E-state index contributed by atoms with van der Waals surface area (Å²) in [6.07, 6.45) is 1.05. The van der Waals surface area contributed by atoms with Crippen LogP contribution in [0.2, 0.25) is 0 Å². The van der Waals surface area contributed by atoms with Crippen molar-refractivity contribution in [1.82, 2.24) is 0 Å². The first-order valence-electron chi connectivity index (χ1n) is 9.22. The van der Waals surface area contributed by atoms with Crippen LogP contribution in [0, 0.1) is 0 Å². The van der Waals surface area contributed by atoms with Crippen LogP contribution in [0.1, 0.15) is 40.9 Å². The van der Waals surface area contributed by atoms with Gasteiger partial charge in [-0.3, -0.25) is 0 Å². The third kappa shape index (κ3) is 4.34. The van der Waals surface area contributed by atoms with Gasteiger partial charge in [0.05, 0.1) is 6.61 Å². The molecule has 0 fully saturated rings. The maximum absolute atomic E-state index is 11.1. The number of carboxylic acids is 1. The summed E-state index contributed by atoms with van der Waals surface area (Å²) in [5, 5.41) is 18.6. The van der Waals surface area contributed by atoms with Crippen molar-refractivity contribution in [2.75, 3.05) is 6.61 Å². The summed E-state index contributed by atoms with van der Waals surface area (Å²) < 4.78 is 5.32. The Hall–Kier alpha value is -3.27. The molecule has 3 aromatic carbocycles. The summed E-state index contributed by atoms with van der Waals surface area (Å²) in [4.78, 5) is 11.1. The Bertz CT molecular complexity index is 921. The summed E-state index contributed by atoms with van der Waals surface area (Å²) in [5.74, 6) is -0.334. The lowest BCUT2D eigenvalue weighted by Crippen LogP contribution is -2.19. The molecule has 5 rings (SSSR count). The molecule has 3 aromatic rings. The molecule has 2 aliphatic heterocycles. The number of hydrogen-bond acceptors (Lipinski definition) is 3. The van der Waals surface area contributed by atoms with E-state index in [-0.39, 0.29) is 16.7 Å². The average Bonchev–Trinajstić information content (AvgIpc) is 3.07. The van der Waals surface area contributed by atoms with Gasteiger partial charge in [-0.25, -0.2) is 4.79 Å². The van der Waals surface area contributed by atoms with Crippen molar-refractivity contribution in [2.24, 2.45) is 0 Å². The molecule has 0 aliphatic carbocycles. The van der Waals surface area contributed by atoms with Gasteiger partial charge in [0, 0.05) is 11.8 Å². The van der Waals surface area contributed by atoms with Crippen molar-refractivity contribution < 1.29 is 19.7 Å². The van der Waals surface area contributed by atoms with Crippen molar-refractivity contribution in [3.63, 3.8) is 0 Å². The van der Waals surface area contributed by atoms with Crippen LogP contribution in [-0.4, -0.2) is 22.8 Å². The maximum Gasteiger partial charge on any atom is 0.339 e. The van der Waals surface area contributed by atoms with Gasteiger partial charge in [0.2, 0.25) is 0 Å². The number of ether oxygens (including phenoxy) is 1. The summed E-state index contributed by atoms with van der Waals surface area (Å²) in [6, 6.07) is 22.9. The molecule has 2 bridgehead atoms. The highest BCUT2D eigenvalue weighted by molar-refractivity contribution is 5.91. The van der Waals surface area contributed by atoms with Crippen molar-refractivity contribution in [1.29, 1.82) is 0 Å². The largest absolute Gasteiger partial charge is 0.507 e.